The lowest BCUT2D eigenvalue weighted by atomic mass is 9.81. The van der Waals surface area contributed by atoms with E-state index in [4.69, 9.17) is 17.3 Å². The first-order chi connectivity index (χ1) is 8.13. The largest absolute Gasteiger partial charge is 0.378 e. The van der Waals surface area contributed by atoms with E-state index in [1.807, 2.05) is 0 Å². The van der Waals surface area contributed by atoms with E-state index in [9.17, 15) is 4.39 Å². The highest BCUT2D eigenvalue weighted by Crippen LogP contribution is 2.31. The van der Waals surface area contributed by atoms with E-state index in [0.29, 0.717) is 11.6 Å². The van der Waals surface area contributed by atoms with Gasteiger partial charge in [-0.05, 0) is 31.0 Å². The predicted molar refractivity (Wildman–Crippen MR) is 69.9 cm³/mol. The lowest BCUT2D eigenvalue weighted by Gasteiger charge is -2.38. The van der Waals surface area contributed by atoms with E-state index < -0.39 is 0 Å². The van der Waals surface area contributed by atoms with Crippen LogP contribution in [-0.2, 0) is 0 Å². The molecule has 2 rings (SSSR count). The predicted octanol–water partition coefficient (Wildman–Crippen LogP) is 3.55. The fourth-order valence-corrected chi connectivity index (χ4v) is 2.76. The van der Waals surface area contributed by atoms with E-state index in [1.54, 1.807) is 6.07 Å². The van der Waals surface area contributed by atoms with Gasteiger partial charge in [0.2, 0.25) is 0 Å². The van der Waals surface area contributed by atoms with Gasteiger partial charge in [-0.15, -0.1) is 0 Å². The molecular formula is C13H18ClFN2. The Kier molecular flexibility index (Phi) is 3.89. The first-order valence-electron chi connectivity index (χ1n) is 6.08. The van der Waals surface area contributed by atoms with E-state index in [1.165, 1.54) is 31.4 Å². The zero-order chi connectivity index (χ0) is 12.3. The molecule has 1 aromatic carbocycles. The van der Waals surface area contributed by atoms with Gasteiger partial charge in [0.15, 0.2) is 0 Å². The summed E-state index contributed by atoms with van der Waals surface area (Å²) in [6.07, 6.45) is 5.68. The van der Waals surface area contributed by atoms with Crippen LogP contribution in [0.2, 0.25) is 5.02 Å². The molecule has 17 heavy (non-hydrogen) atoms. The second-order valence-corrected chi connectivity index (χ2v) is 5.26. The van der Waals surface area contributed by atoms with Crippen LogP contribution in [-0.4, -0.2) is 12.1 Å². The monoisotopic (exact) mass is 256 g/mol. The minimum Gasteiger partial charge on any atom is -0.378 e. The fraction of sp³-hybridized carbons (Fsp3) is 0.538. The van der Waals surface area contributed by atoms with Crippen molar-refractivity contribution in [1.29, 1.82) is 0 Å². The summed E-state index contributed by atoms with van der Waals surface area (Å²) in [5.74, 6) is -0.317. The van der Waals surface area contributed by atoms with E-state index in [0.717, 1.165) is 18.5 Å². The molecule has 0 heterocycles. The van der Waals surface area contributed by atoms with Gasteiger partial charge in [0.1, 0.15) is 5.82 Å². The topological polar surface area (TPSA) is 38.0 Å². The smallest absolute Gasteiger partial charge is 0.126 e. The molecule has 1 fully saturated rings. The van der Waals surface area contributed by atoms with Crippen molar-refractivity contribution in [1.82, 2.24) is 0 Å². The van der Waals surface area contributed by atoms with Crippen LogP contribution >= 0.6 is 11.6 Å². The van der Waals surface area contributed by atoms with Crippen molar-refractivity contribution in [3.05, 3.63) is 29.0 Å². The highest BCUT2D eigenvalue weighted by molar-refractivity contribution is 6.30. The van der Waals surface area contributed by atoms with E-state index in [-0.39, 0.29) is 11.4 Å². The molecular weight excluding hydrogens is 239 g/mol. The van der Waals surface area contributed by atoms with Crippen molar-refractivity contribution in [2.75, 3.05) is 11.9 Å². The molecule has 0 unspecified atom stereocenters. The average molecular weight is 257 g/mol. The molecule has 0 bridgehead atoms. The standard InChI is InChI=1S/C13H18ClFN2/c14-10-6-11(15)8-12(7-10)17-13(9-16)4-2-1-3-5-13/h6-8,17H,1-5,9,16H2. The quantitative estimate of drug-likeness (QED) is 0.868. The van der Waals surface area contributed by atoms with Crippen LogP contribution in [0.3, 0.4) is 0 Å². The lowest BCUT2D eigenvalue weighted by molar-refractivity contribution is 0.331. The van der Waals surface area contributed by atoms with E-state index in [2.05, 4.69) is 5.32 Å². The summed E-state index contributed by atoms with van der Waals surface area (Å²) in [5.41, 5.74) is 6.51. The van der Waals surface area contributed by atoms with Crippen molar-refractivity contribution >= 4 is 17.3 Å². The minimum absolute atomic E-state index is 0.0879. The van der Waals surface area contributed by atoms with Gasteiger partial charge in [-0.25, -0.2) is 4.39 Å². The van der Waals surface area contributed by atoms with Gasteiger partial charge in [-0.3, -0.25) is 0 Å². The lowest BCUT2D eigenvalue weighted by Crippen LogP contribution is -2.47. The Morgan fingerprint density at radius 3 is 2.53 bits per heavy atom. The number of benzene rings is 1. The molecule has 0 amide bonds. The molecule has 4 heteroatoms. The van der Waals surface area contributed by atoms with Crippen molar-refractivity contribution in [2.24, 2.45) is 5.73 Å². The van der Waals surface area contributed by atoms with Crippen LogP contribution in [0.25, 0.3) is 0 Å². The van der Waals surface area contributed by atoms with Crippen molar-refractivity contribution in [3.63, 3.8) is 0 Å². The van der Waals surface area contributed by atoms with Crippen molar-refractivity contribution in [3.8, 4) is 0 Å². The van der Waals surface area contributed by atoms with E-state index >= 15 is 0 Å². The molecule has 0 saturated heterocycles. The summed E-state index contributed by atoms with van der Waals surface area (Å²) in [5, 5.41) is 3.79. The molecule has 1 aromatic rings. The maximum atomic E-state index is 13.3. The third kappa shape index (κ3) is 3.11. The number of halogens is 2. The van der Waals surface area contributed by atoms with Gasteiger partial charge in [-0.1, -0.05) is 30.9 Å². The van der Waals surface area contributed by atoms with Gasteiger partial charge < -0.3 is 11.1 Å². The Morgan fingerprint density at radius 2 is 1.94 bits per heavy atom. The van der Waals surface area contributed by atoms with Crippen LogP contribution in [0.4, 0.5) is 10.1 Å². The first-order valence-corrected chi connectivity index (χ1v) is 6.46. The Hall–Kier alpha value is -0.800. The van der Waals surface area contributed by atoms with Crippen LogP contribution in [0.5, 0.6) is 0 Å². The summed E-state index contributed by atoms with van der Waals surface area (Å²) in [6.45, 7) is 0.571. The van der Waals surface area contributed by atoms with Gasteiger partial charge in [0.25, 0.3) is 0 Å². The number of nitrogens with two attached hydrogens (primary N) is 1. The molecule has 2 nitrogen and oxygen atoms in total. The summed E-state index contributed by atoms with van der Waals surface area (Å²) in [4.78, 5) is 0. The zero-order valence-corrected chi connectivity index (χ0v) is 10.6. The molecule has 1 aliphatic carbocycles. The number of nitrogens with one attached hydrogen (secondary N) is 1. The summed E-state index contributed by atoms with van der Waals surface area (Å²) in [7, 11) is 0. The Bertz CT molecular complexity index is 369. The average Bonchev–Trinajstić information content (AvgIpc) is 2.29. The third-order valence-electron chi connectivity index (χ3n) is 3.47. The van der Waals surface area contributed by atoms with Gasteiger partial charge in [-0.2, -0.15) is 0 Å². The maximum absolute atomic E-state index is 13.3. The molecule has 1 saturated carbocycles. The fourth-order valence-electron chi connectivity index (χ4n) is 2.54. The second kappa shape index (κ2) is 5.23. The summed E-state index contributed by atoms with van der Waals surface area (Å²) < 4.78 is 13.3. The first kappa shape index (κ1) is 12.7. The molecule has 3 N–H and O–H groups in total. The molecule has 94 valence electrons. The molecule has 0 aromatic heterocycles. The van der Waals surface area contributed by atoms with Crippen molar-refractivity contribution in [2.45, 2.75) is 37.6 Å². The van der Waals surface area contributed by atoms with Gasteiger partial charge >= 0.3 is 0 Å². The highest BCUT2D eigenvalue weighted by atomic mass is 35.5. The molecule has 0 atom stereocenters. The second-order valence-electron chi connectivity index (χ2n) is 4.83. The SMILES string of the molecule is NCC1(Nc2cc(F)cc(Cl)c2)CCCCC1. The number of hydrogen-bond donors (Lipinski definition) is 2. The third-order valence-corrected chi connectivity index (χ3v) is 3.69. The highest BCUT2D eigenvalue weighted by Gasteiger charge is 2.30. The Morgan fingerprint density at radius 1 is 1.24 bits per heavy atom. The van der Waals surface area contributed by atoms with Crippen LogP contribution in [0.1, 0.15) is 32.1 Å². The summed E-state index contributed by atoms with van der Waals surface area (Å²) in [6, 6.07) is 4.53. The number of rotatable bonds is 3. The molecule has 0 aliphatic heterocycles. The Balaban J connectivity index is 2.17. The minimum atomic E-state index is -0.317. The molecule has 0 spiro atoms. The molecule has 1 aliphatic rings. The van der Waals surface area contributed by atoms with Gasteiger partial charge in [0.05, 0.1) is 0 Å². The Labute approximate surface area is 106 Å². The van der Waals surface area contributed by atoms with Crippen LogP contribution in [0, 0.1) is 5.82 Å². The number of hydrogen-bond acceptors (Lipinski definition) is 2. The zero-order valence-electron chi connectivity index (χ0n) is 9.81. The number of anilines is 1. The van der Waals surface area contributed by atoms with Gasteiger partial charge in [0, 0.05) is 22.8 Å². The summed E-state index contributed by atoms with van der Waals surface area (Å²) >= 11 is 5.85. The normalized spacial score (nSPS) is 19.0. The maximum Gasteiger partial charge on any atom is 0.126 e. The molecule has 0 radical (unpaired) electrons. The van der Waals surface area contributed by atoms with Crippen molar-refractivity contribution < 1.29 is 4.39 Å². The van der Waals surface area contributed by atoms with Crippen LogP contribution in [0.15, 0.2) is 18.2 Å². The van der Waals surface area contributed by atoms with Crippen LogP contribution < -0.4 is 11.1 Å².